The molecule has 0 saturated heterocycles. The highest BCUT2D eigenvalue weighted by molar-refractivity contribution is 5.95. The molecule has 2 aromatic rings. The van der Waals surface area contributed by atoms with Gasteiger partial charge in [-0.05, 0) is 62.1 Å². The molecule has 2 aliphatic carbocycles. The maximum atomic E-state index is 14.4. The smallest absolute Gasteiger partial charge is 0.319 e. The summed E-state index contributed by atoms with van der Waals surface area (Å²) in [4.78, 5) is 24.4. The van der Waals surface area contributed by atoms with E-state index in [4.69, 9.17) is 0 Å². The summed E-state index contributed by atoms with van der Waals surface area (Å²) >= 11 is 0. The normalized spacial score (nSPS) is 17.4. The number of halogens is 2. The fourth-order valence-corrected chi connectivity index (χ4v) is 4.21. The topological polar surface area (TPSA) is 70.2 Å². The van der Waals surface area contributed by atoms with Crippen LogP contribution in [0.15, 0.2) is 42.5 Å². The van der Waals surface area contributed by atoms with Crippen molar-refractivity contribution in [2.24, 2.45) is 0 Å². The van der Waals surface area contributed by atoms with Crippen molar-refractivity contribution in [3.63, 3.8) is 0 Å². The second kappa shape index (κ2) is 8.42. The van der Waals surface area contributed by atoms with Crippen LogP contribution in [0.1, 0.15) is 54.4 Å². The summed E-state index contributed by atoms with van der Waals surface area (Å²) in [6.45, 7) is 0.174. The lowest BCUT2D eigenvalue weighted by molar-refractivity contribution is 0.0942. The van der Waals surface area contributed by atoms with Crippen LogP contribution in [0.4, 0.5) is 19.3 Å². The second-order valence-electron chi connectivity index (χ2n) is 8.22. The lowest BCUT2D eigenvalue weighted by Crippen LogP contribution is -2.40. The molecule has 0 unspecified atom stereocenters. The number of nitrogens with one attached hydrogen (secondary N) is 3. The molecule has 4 rings (SSSR count). The predicted octanol–water partition coefficient (Wildman–Crippen LogP) is 4.49. The van der Waals surface area contributed by atoms with Gasteiger partial charge in [0.15, 0.2) is 0 Å². The summed E-state index contributed by atoms with van der Waals surface area (Å²) < 4.78 is 28.9. The molecule has 2 fully saturated rings. The van der Waals surface area contributed by atoms with Crippen LogP contribution in [0.3, 0.4) is 0 Å². The molecule has 3 N–H and O–H groups in total. The molecule has 3 amide bonds. The monoisotopic (exact) mass is 413 g/mol. The van der Waals surface area contributed by atoms with Gasteiger partial charge in [-0.2, -0.15) is 0 Å². The van der Waals surface area contributed by atoms with Crippen LogP contribution in [0, 0.1) is 11.6 Å². The van der Waals surface area contributed by atoms with E-state index in [0.29, 0.717) is 24.1 Å². The van der Waals surface area contributed by atoms with Gasteiger partial charge in [0.2, 0.25) is 0 Å². The molecule has 2 saturated carbocycles. The van der Waals surface area contributed by atoms with Crippen LogP contribution in [-0.2, 0) is 5.41 Å². The van der Waals surface area contributed by atoms with Crippen LogP contribution >= 0.6 is 0 Å². The molecule has 0 radical (unpaired) electrons. The van der Waals surface area contributed by atoms with Crippen molar-refractivity contribution in [3.8, 4) is 0 Å². The summed E-state index contributed by atoms with van der Waals surface area (Å²) in [7, 11) is 0. The number of hydrogen-bond acceptors (Lipinski definition) is 2. The van der Waals surface area contributed by atoms with Crippen LogP contribution in [0.2, 0.25) is 0 Å². The van der Waals surface area contributed by atoms with E-state index in [1.54, 1.807) is 24.3 Å². The molecule has 0 aromatic heterocycles. The van der Waals surface area contributed by atoms with E-state index >= 15 is 0 Å². The Kier molecular flexibility index (Phi) is 5.70. The average molecular weight is 413 g/mol. The van der Waals surface area contributed by atoms with E-state index in [1.807, 2.05) is 0 Å². The Hall–Kier alpha value is -2.96. The Balaban J connectivity index is 1.41. The molecule has 0 spiro atoms. The number of carbonyl (C=O) groups is 2. The van der Waals surface area contributed by atoms with Crippen LogP contribution in [0.5, 0.6) is 0 Å². The first-order chi connectivity index (χ1) is 14.5. The molecule has 5 nitrogen and oxygen atoms in total. The number of carbonyl (C=O) groups excluding carboxylic acids is 2. The molecular weight excluding hydrogens is 388 g/mol. The van der Waals surface area contributed by atoms with Gasteiger partial charge in [-0.3, -0.25) is 4.79 Å². The number of hydrogen-bond donors (Lipinski definition) is 3. The molecule has 0 atom stereocenters. The van der Waals surface area contributed by atoms with Gasteiger partial charge in [0.1, 0.15) is 11.6 Å². The van der Waals surface area contributed by atoms with Gasteiger partial charge in [0.25, 0.3) is 5.91 Å². The minimum atomic E-state index is -0.729. The maximum absolute atomic E-state index is 14.4. The lowest BCUT2D eigenvalue weighted by Gasteiger charge is -2.30. The Morgan fingerprint density at radius 3 is 2.20 bits per heavy atom. The van der Waals surface area contributed by atoms with Gasteiger partial charge >= 0.3 is 6.03 Å². The molecule has 0 aliphatic heterocycles. The fourth-order valence-electron chi connectivity index (χ4n) is 4.21. The van der Waals surface area contributed by atoms with Crippen LogP contribution < -0.4 is 16.0 Å². The fraction of sp³-hybridized carbons (Fsp3) is 0.391. The second-order valence-corrected chi connectivity index (χ2v) is 8.22. The van der Waals surface area contributed by atoms with Crippen LogP contribution in [0.25, 0.3) is 0 Å². The van der Waals surface area contributed by atoms with Crippen molar-refractivity contribution in [3.05, 3.63) is 65.2 Å². The van der Waals surface area contributed by atoms with E-state index < -0.39 is 17.0 Å². The first-order valence-corrected chi connectivity index (χ1v) is 10.4. The predicted molar refractivity (Wildman–Crippen MR) is 110 cm³/mol. The van der Waals surface area contributed by atoms with E-state index in [1.165, 1.54) is 18.2 Å². The Labute approximate surface area is 174 Å². The van der Waals surface area contributed by atoms with Crippen molar-refractivity contribution in [2.45, 2.75) is 50.0 Å². The highest BCUT2D eigenvalue weighted by atomic mass is 19.1. The summed E-state index contributed by atoms with van der Waals surface area (Å²) in [5.41, 5.74) is 0.354. The number of urea groups is 1. The molecule has 7 heteroatoms. The quantitative estimate of drug-likeness (QED) is 0.653. The van der Waals surface area contributed by atoms with Gasteiger partial charge in [-0.1, -0.05) is 18.9 Å². The molecule has 158 valence electrons. The summed E-state index contributed by atoms with van der Waals surface area (Å²) in [5, 5.41) is 8.42. The van der Waals surface area contributed by atoms with Crippen molar-refractivity contribution < 1.29 is 18.4 Å². The van der Waals surface area contributed by atoms with Gasteiger partial charge < -0.3 is 16.0 Å². The summed E-state index contributed by atoms with van der Waals surface area (Å²) in [5.74, 6) is -1.44. The van der Waals surface area contributed by atoms with Gasteiger partial charge in [0, 0.05) is 34.8 Å². The average Bonchev–Trinajstić information content (AvgIpc) is 3.40. The number of anilines is 1. The minimum Gasteiger partial charge on any atom is -0.351 e. The third kappa shape index (κ3) is 4.45. The van der Waals surface area contributed by atoms with Crippen molar-refractivity contribution >= 4 is 17.6 Å². The van der Waals surface area contributed by atoms with Crippen LogP contribution in [-0.4, -0.2) is 24.5 Å². The van der Waals surface area contributed by atoms with Gasteiger partial charge in [0.05, 0.1) is 0 Å². The first kappa shape index (κ1) is 20.3. The molecule has 0 heterocycles. The molecule has 30 heavy (non-hydrogen) atoms. The van der Waals surface area contributed by atoms with E-state index in [0.717, 1.165) is 25.7 Å². The highest BCUT2D eigenvalue weighted by Gasteiger charge is 2.40. The largest absolute Gasteiger partial charge is 0.351 e. The van der Waals surface area contributed by atoms with Crippen molar-refractivity contribution in [1.29, 1.82) is 0 Å². The number of benzene rings is 2. The summed E-state index contributed by atoms with van der Waals surface area (Å²) in [6.07, 6.45) is 5.00. The minimum absolute atomic E-state index is 0.0732. The zero-order valence-corrected chi connectivity index (χ0v) is 16.6. The highest BCUT2D eigenvalue weighted by Crippen LogP contribution is 2.42. The van der Waals surface area contributed by atoms with Gasteiger partial charge in [-0.15, -0.1) is 0 Å². The zero-order chi connectivity index (χ0) is 21.1. The van der Waals surface area contributed by atoms with Crippen molar-refractivity contribution in [1.82, 2.24) is 10.6 Å². The van der Waals surface area contributed by atoms with E-state index in [9.17, 15) is 18.4 Å². The van der Waals surface area contributed by atoms with E-state index in [2.05, 4.69) is 16.0 Å². The molecule has 2 aromatic carbocycles. The number of rotatable bonds is 6. The lowest BCUT2D eigenvalue weighted by atomic mass is 9.78. The van der Waals surface area contributed by atoms with Crippen molar-refractivity contribution in [2.75, 3.05) is 11.9 Å². The standard InChI is InChI=1S/C23H25F2N3O2/c24-18-4-3-5-19(25)20(18)23(12-1-2-13-23)14-26-21(29)15-6-8-16(9-7-15)27-22(30)28-17-10-11-17/h3-9,17H,1-2,10-14H2,(H,26,29)(H2,27,28,30). The van der Waals surface area contributed by atoms with E-state index in [-0.39, 0.29) is 30.1 Å². The summed E-state index contributed by atoms with van der Waals surface area (Å²) in [6, 6.07) is 10.4. The molecular formula is C23H25F2N3O2. The molecule has 2 aliphatic rings. The third-order valence-electron chi connectivity index (χ3n) is 5.96. The number of amides is 3. The molecule has 0 bridgehead atoms. The maximum Gasteiger partial charge on any atom is 0.319 e. The third-order valence-corrected chi connectivity index (χ3v) is 5.96. The Morgan fingerprint density at radius 2 is 1.60 bits per heavy atom. The SMILES string of the molecule is O=C(Nc1ccc(C(=O)NCC2(c3c(F)cccc3F)CCCC2)cc1)NC1CC1. The Morgan fingerprint density at radius 1 is 0.967 bits per heavy atom. The first-order valence-electron chi connectivity index (χ1n) is 10.4. The Bertz CT molecular complexity index is 916. The zero-order valence-electron chi connectivity index (χ0n) is 16.6. The van der Waals surface area contributed by atoms with Gasteiger partial charge in [-0.25, -0.2) is 13.6 Å².